The first kappa shape index (κ1) is 17.1. The number of likely N-dealkylation sites (N-methyl/N-ethyl adjacent to an activating group) is 1. The first-order chi connectivity index (χ1) is 12.1. The summed E-state index contributed by atoms with van der Waals surface area (Å²) in [6, 6.07) is 10.3. The Labute approximate surface area is 146 Å². The molecule has 0 saturated carbocycles. The van der Waals surface area contributed by atoms with Crippen molar-refractivity contribution in [2.24, 2.45) is 7.05 Å². The van der Waals surface area contributed by atoms with Gasteiger partial charge in [-0.05, 0) is 31.3 Å². The quantitative estimate of drug-likeness (QED) is 0.663. The van der Waals surface area contributed by atoms with Crippen LogP contribution in [0.4, 0.5) is 4.39 Å². The van der Waals surface area contributed by atoms with Crippen LogP contribution in [0.25, 0.3) is 11.3 Å². The minimum absolute atomic E-state index is 0.285. The highest BCUT2D eigenvalue weighted by molar-refractivity contribution is 5.61. The van der Waals surface area contributed by atoms with Gasteiger partial charge in [0.15, 0.2) is 11.6 Å². The summed E-state index contributed by atoms with van der Waals surface area (Å²) in [7, 11) is 3.91. The molecule has 130 valence electrons. The number of ether oxygens (including phenoxy) is 1. The van der Waals surface area contributed by atoms with Crippen molar-refractivity contribution < 1.29 is 9.13 Å². The number of benzene rings is 1. The number of para-hydroxylation sites is 1. The maximum absolute atomic E-state index is 13.5. The summed E-state index contributed by atoms with van der Waals surface area (Å²) in [5.74, 6) is -0.0513. The SMILES string of the molecule is CN(CCOc1ccccc1F)Cc1cn(C)nc1-c1cccnc1. The zero-order valence-corrected chi connectivity index (χ0v) is 14.4. The van der Waals surface area contributed by atoms with Gasteiger partial charge in [-0.3, -0.25) is 14.6 Å². The van der Waals surface area contributed by atoms with Crippen molar-refractivity contribution in [3.8, 4) is 17.0 Å². The number of hydrogen-bond donors (Lipinski definition) is 0. The van der Waals surface area contributed by atoms with Gasteiger partial charge >= 0.3 is 0 Å². The normalized spacial score (nSPS) is 11.0. The molecular weight excluding hydrogens is 319 g/mol. The van der Waals surface area contributed by atoms with Gasteiger partial charge in [-0.15, -0.1) is 0 Å². The molecule has 0 saturated heterocycles. The molecule has 3 aromatic rings. The summed E-state index contributed by atoms with van der Waals surface area (Å²) in [5.41, 5.74) is 3.04. The summed E-state index contributed by atoms with van der Waals surface area (Å²) in [5, 5.41) is 4.54. The van der Waals surface area contributed by atoms with Gasteiger partial charge in [0, 0.05) is 49.9 Å². The number of pyridine rings is 1. The highest BCUT2D eigenvalue weighted by Crippen LogP contribution is 2.22. The van der Waals surface area contributed by atoms with Gasteiger partial charge < -0.3 is 4.74 Å². The summed E-state index contributed by atoms with van der Waals surface area (Å²) < 4.78 is 20.9. The number of halogens is 1. The van der Waals surface area contributed by atoms with Gasteiger partial charge in [0.2, 0.25) is 0 Å². The van der Waals surface area contributed by atoms with E-state index < -0.39 is 0 Å². The minimum atomic E-state index is -0.337. The van der Waals surface area contributed by atoms with Gasteiger partial charge in [0.1, 0.15) is 6.61 Å². The first-order valence-corrected chi connectivity index (χ1v) is 8.12. The predicted octanol–water partition coefficient (Wildman–Crippen LogP) is 3.13. The Kier molecular flexibility index (Phi) is 5.40. The van der Waals surface area contributed by atoms with Crippen molar-refractivity contribution in [2.45, 2.75) is 6.54 Å². The highest BCUT2D eigenvalue weighted by atomic mass is 19.1. The van der Waals surface area contributed by atoms with Crippen LogP contribution in [0.2, 0.25) is 0 Å². The fraction of sp³-hybridized carbons (Fsp3) is 0.263. The average Bonchev–Trinajstić information content (AvgIpc) is 2.97. The third-order valence-corrected chi connectivity index (χ3v) is 3.85. The Morgan fingerprint density at radius 3 is 2.80 bits per heavy atom. The lowest BCUT2D eigenvalue weighted by Gasteiger charge is -2.17. The highest BCUT2D eigenvalue weighted by Gasteiger charge is 2.12. The Balaban J connectivity index is 1.60. The van der Waals surface area contributed by atoms with Crippen LogP contribution in [0, 0.1) is 5.82 Å². The Hall–Kier alpha value is -2.73. The summed E-state index contributed by atoms with van der Waals surface area (Å²) >= 11 is 0. The molecule has 1 aromatic carbocycles. The maximum Gasteiger partial charge on any atom is 0.165 e. The first-order valence-electron chi connectivity index (χ1n) is 8.12. The smallest absolute Gasteiger partial charge is 0.165 e. The fourth-order valence-corrected chi connectivity index (χ4v) is 2.64. The van der Waals surface area contributed by atoms with Crippen molar-refractivity contribution in [1.29, 1.82) is 0 Å². The van der Waals surface area contributed by atoms with Crippen LogP contribution in [-0.2, 0) is 13.6 Å². The van der Waals surface area contributed by atoms with E-state index in [0.717, 1.165) is 23.4 Å². The number of aromatic nitrogens is 3. The van der Waals surface area contributed by atoms with Crippen molar-refractivity contribution in [3.63, 3.8) is 0 Å². The van der Waals surface area contributed by atoms with E-state index in [4.69, 9.17) is 4.74 Å². The molecule has 6 heteroatoms. The second-order valence-electron chi connectivity index (χ2n) is 5.93. The van der Waals surface area contributed by atoms with E-state index in [1.807, 2.05) is 38.6 Å². The second-order valence-corrected chi connectivity index (χ2v) is 5.93. The molecule has 0 spiro atoms. The van der Waals surface area contributed by atoms with Crippen LogP contribution in [-0.4, -0.2) is 39.9 Å². The zero-order valence-electron chi connectivity index (χ0n) is 14.4. The summed E-state index contributed by atoms with van der Waals surface area (Å²) in [4.78, 5) is 6.29. The summed E-state index contributed by atoms with van der Waals surface area (Å²) in [6.45, 7) is 1.81. The van der Waals surface area contributed by atoms with Crippen molar-refractivity contribution in [3.05, 3.63) is 66.4 Å². The molecule has 0 bridgehead atoms. The largest absolute Gasteiger partial charge is 0.489 e. The predicted molar refractivity (Wildman–Crippen MR) is 94.7 cm³/mol. The van der Waals surface area contributed by atoms with Crippen molar-refractivity contribution in [1.82, 2.24) is 19.7 Å². The van der Waals surface area contributed by atoms with Gasteiger partial charge in [0.25, 0.3) is 0 Å². The molecule has 0 amide bonds. The third kappa shape index (κ3) is 4.42. The molecule has 0 unspecified atom stereocenters. The van der Waals surface area contributed by atoms with Crippen molar-refractivity contribution in [2.75, 3.05) is 20.2 Å². The number of aryl methyl sites for hydroxylation is 1. The zero-order chi connectivity index (χ0) is 17.6. The molecule has 0 aliphatic heterocycles. The van der Waals surface area contributed by atoms with Crippen LogP contribution in [0.5, 0.6) is 5.75 Å². The average molecular weight is 340 g/mol. The van der Waals surface area contributed by atoms with E-state index in [2.05, 4.69) is 15.0 Å². The van der Waals surface area contributed by atoms with Gasteiger partial charge in [-0.2, -0.15) is 5.10 Å². The topological polar surface area (TPSA) is 43.2 Å². The van der Waals surface area contributed by atoms with E-state index in [0.29, 0.717) is 13.2 Å². The maximum atomic E-state index is 13.5. The Morgan fingerprint density at radius 2 is 2.04 bits per heavy atom. The van der Waals surface area contributed by atoms with Crippen molar-refractivity contribution >= 4 is 0 Å². The van der Waals surface area contributed by atoms with E-state index in [-0.39, 0.29) is 11.6 Å². The molecule has 0 aliphatic rings. The van der Waals surface area contributed by atoms with E-state index in [9.17, 15) is 4.39 Å². The number of rotatable bonds is 7. The van der Waals surface area contributed by atoms with E-state index in [1.54, 1.807) is 29.1 Å². The molecule has 5 nitrogen and oxygen atoms in total. The van der Waals surface area contributed by atoms with Gasteiger partial charge in [0.05, 0.1) is 5.69 Å². The van der Waals surface area contributed by atoms with E-state index in [1.165, 1.54) is 6.07 Å². The molecule has 25 heavy (non-hydrogen) atoms. The molecule has 3 rings (SSSR count). The van der Waals surface area contributed by atoms with Gasteiger partial charge in [-0.1, -0.05) is 12.1 Å². The minimum Gasteiger partial charge on any atom is -0.489 e. The lowest BCUT2D eigenvalue weighted by Crippen LogP contribution is -2.24. The Bertz CT molecular complexity index is 819. The molecule has 2 aromatic heterocycles. The molecule has 0 atom stereocenters. The third-order valence-electron chi connectivity index (χ3n) is 3.85. The molecule has 2 heterocycles. The van der Waals surface area contributed by atoms with Crippen LogP contribution < -0.4 is 4.74 Å². The van der Waals surface area contributed by atoms with Crippen LogP contribution >= 0.6 is 0 Å². The lowest BCUT2D eigenvalue weighted by molar-refractivity contribution is 0.226. The van der Waals surface area contributed by atoms with Crippen LogP contribution in [0.3, 0.4) is 0 Å². The molecule has 0 fully saturated rings. The molecule has 0 N–H and O–H groups in total. The Morgan fingerprint density at radius 1 is 1.20 bits per heavy atom. The van der Waals surface area contributed by atoms with Gasteiger partial charge in [-0.25, -0.2) is 4.39 Å². The molecule has 0 radical (unpaired) electrons. The van der Waals surface area contributed by atoms with E-state index >= 15 is 0 Å². The number of nitrogens with zero attached hydrogens (tertiary/aromatic N) is 4. The monoisotopic (exact) mass is 340 g/mol. The standard InChI is InChI=1S/C19H21FN4O/c1-23(10-11-25-18-8-4-3-7-17(18)20)13-16-14-24(2)22-19(16)15-6-5-9-21-12-15/h3-9,12,14H,10-11,13H2,1-2H3. The van der Waals surface area contributed by atoms with Crippen LogP contribution in [0.15, 0.2) is 55.0 Å². The lowest BCUT2D eigenvalue weighted by atomic mass is 10.1. The fourth-order valence-electron chi connectivity index (χ4n) is 2.64. The van der Waals surface area contributed by atoms with Crippen LogP contribution in [0.1, 0.15) is 5.56 Å². The number of hydrogen-bond acceptors (Lipinski definition) is 4. The summed E-state index contributed by atoms with van der Waals surface area (Å²) in [6.07, 6.45) is 5.57. The molecular formula is C19H21FN4O. The second kappa shape index (κ2) is 7.90. The molecule has 0 aliphatic carbocycles.